The second kappa shape index (κ2) is 8.19. The molecule has 0 amide bonds. The van der Waals surface area contributed by atoms with E-state index in [0.717, 1.165) is 18.8 Å². The molecule has 130 valence electrons. The normalized spacial score (nSPS) is 10.2. The van der Waals surface area contributed by atoms with Gasteiger partial charge in [0.15, 0.2) is 17.3 Å². The first-order valence-electron chi connectivity index (χ1n) is 7.68. The highest BCUT2D eigenvalue weighted by Crippen LogP contribution is 2.40. The molecule has 0 aliphatic rings. The topological polar surface area (TPSA) is 81.6 Å². The summed E-state index contributed by atoms with van der Waals surface area (Å²) in [4.78, 5) is 6.51. The van der Waals surface area contributed by atoms with Crippen LogP contribution in [0.1, 0.15) is 13.8 Å². The Morgan fingerprint density at radius 3 is 2.12 bits per heavy atom. The highest BCUT2D eigenvalue weighted by molar-refractivity contribution is 5.66. The lowest BCUT2D eigenvalue weighted by molar-refractivity contribution is 0.324. The maximum atomic E-state index is 5.35. The summed E-state index contributed by atoms with van der Waals surface area (Å²) in [5.41, 5.74) is 0.746. The standard InChI is InChI=1S/C16H23N5O3/c1-6-21(7-2)16-19-14(10-17-20-16)18-11-8-12(22-3)15(24-5)13(9-11)23-4/h8-10H,6-7H2,1-5H3,(H,18,19,20). The van der Waals surface area contributed by atoms with Crippen molar-refractivity contribution in [3.8, 4) is 17.2 Å². The van der Waals surface area contributed by atoms with Crippen molar-refractivity contribution in [2.24, 2.45) is 0 Å². The van der Waals surface area contributed by atoms with E-state index in [1.165, 1.54) is 0 Å². The minimum atomic E-state index is 0.537. The lowest BCUT2D eigenvalue weighted by atomic mass is 10.2. The largest absolute Gasteiger partial charge is 0.493 e. The van der Waals surface area contributed by atoms with E-state index in [0.29, 0.717) is 29.0 Å². The number of benzene rings is 1. The summed E-state index contributed by atoms with van der Waals surface area (Å²) in [5.74, 6) is 2.82. The van der Waals surface area contributed by atoms with Crippen LogP contribution < -0.4 is 24.4 Å². The maximum absolute atomic E-state index is 5.35. The van der Waals surface area contributed by atoms with Gasteiger partial charge in [-0.05, 0) is 13.8 Å². The Labute approximate surface area is 141 Å². The second-order valence-electron chi connectivity index (χ2n) is 4.85. The van der Waals surface area contributed by atoms with Crippen LogP contribution in [0.3, 0.4) is 0 Å². The SMILES string of the molecule is CCN(CC)c1nncc(Nc2cc(OC)c(OC)c(OC)c2)n1. The molecule has 24 heavy (non-hydrogen) atoms. The van der Waals surface area contributed by atoms with Crippen LogP contribution in [0.5, 0.6) is 17.2 Å². The molecule has 0 radical (unpaired) electrons. The predicted molar refractivity (Wildman–Crippen MR) is 92.8 cm³/mol. The van der Waals surface area contributed by atoms with Crippen molar-refractivity contribution in [2.75, 3.05) is 44.6 Å². The summed E-state index contributed by atoms with van der Waals surface area (Å²) in [6, 6.07) is 3.61. The van der Waals surface area contributed by atoms with Gasteiger partial charge in [0.05, 0.1) is 27.5 Å². The number of methoxy groups -OCH3 is 3. The molecular weight excluding hydrogens is 310 g/mol. The van der Waals surface area contributed by atoms with Crippen LogP contribution in [0.25, 0.3) is 0 Å². The molecular formula is C16H23N5O3. The monoisotopic (exact) mass is 333 g/mol. The average Bonchev–Trinajstić information content (AvgIpc) is 2.62. The molecule has 0 fully saturated rings. The maximum Gasteiger partial charge on any atom is 0.247 e. The van der Waals surface area contributed by atoms with Crippen molar-refractivity contribution in [1.82, 2.24) is 15.2 Å². The number of ether oxygens (including phenoxy) is 3. The summed E-state index contributed by atoms with van der Waals surface area (Å²) in [7, 11) is 4.72. The molecule has 0 aliphatic carbocycles. The van der Waals surface area contributed by atoms with Crippen LogP contribution in [0.2, 0.25) is 0 Å². The molecule has 1 heterocycles. The fraction of sp³-hybridized carbons (Fsp3) is 0.438. The number of rotatable bonds is 8. The van der Waals surface area contributed by atoms with E-state index in [2.05, 4.69) is 20.5 Å². The van der Waals surface area contributed by atoms with Gasteiger partial charge < -0.3 is 24.4 Å². The van der Waals surface area contributed by atoms with Gasteiger partial charge in [-0.3, -0.25) is 0 Å². The van der Waals surface area contributed by atoms with Gasteiger partial charge in [0.25, 0.3) is 0 Å². The number of hydrogen-bond acceptors (Lipinski definition) is 8. The minimum absolute atomic E-state index is 0.537. The summed E-state index contributed by atoms with van der Waals surface area (Å²) >= 11 is 0. The first-order valence-corrected chi connectivity index (χ1v) is 7.68. The molecule has 0 atom stereocenters. The molecule has 0 saturated heterocycles. The molecule has 0 saturated carbocycles. The van der Waals surface area contributed by atoms with Crippen LogP contribution in [0.4, 0.5) is 17.5 Å². The number of hydrogen-bond donors (Lipinski definition) is 1. The van der Waals surface area contributed by atoms with Gasteiger partial charge in [0.1, 0.15) is 0 Å². The second-order valence-corrected chi connectivity index (χ2v) is 4.85. The third kappa shape index (κ3) is 3.76. The molecule has 8 nitrogen and oxygen atoms in total. The first-order chi connectivity index (χ1) is 11.7. The van der Waals surface area contributed by atoms with Crippen LogP contribution in [0, 0.1) is 0 Å². The van der Waals surface area contributed by atoms with E-state index in [-0.39, 0.29) is 0 Å². The highest BCUT2D eigenvalue weighted by atomic mass is 16.5. The highest BCUT2D eigenvalue weighted by Gasteiger charge is 2.14. The van der Waals surface area contributed by atoms with E-state index in [1.54, 1.807) is 39.7 Å². The zero-order valence-corrected chi connectivity index (χ0v) is 14.7. The van der Waals surface area contributed by atoms with Crippen molar-refractivity contribution in [3.05, 3.63) is 18.3 Å². The third-order valence-electron chi connectivity index (χ3n) is 3.53. The zero-order valence-electron chi connectivity index (χ0n) is 14.7. The van der Waals surface area contributed by atoms with Gasteiger partial charge in [-0.15, -0.1) is 5.10 Å². The van der Waals surface area contributed by atoms with Crippen molar-refractivity contribution in [2.45, 2.75) is 13.8 Å². The number of anilines is 3. The Morgan fingerprint density at radius 1 is 1.00 bits per heavy atom. The van der Waals surface area contributed by atoms with Crippen LogP contribution in [-0.4, -0.2) is 49.6 Å². The molecule has 0 aliphatic heterocycles. The van der Waals surface area contributed by atoms with E-state index in [9.17, 15) is 0 Å². The van der Waals surface area contributed by atoms with Crippen molar-refractivity contribution >= 4 is 17.5 Å². The molecule has 2 aromatic rings. The van der Waals surface area contributed by atoms with Gasteiger partial charge >= 0.3 is 0 Å². The molecule has 0 bridgehead atoms. The number of nitrogens with zero attached hydrogens (tertiary/aromatic N) is 4. The van der Waals surface area contributed by atoms with Crippen LogP contribution in [0.15, 0.2) is 18.3 Å². The van der Waals surface area contributed by atoms with Gasteiger partial charge in [-0.25, -0.2) is 0 Å². The Balaban J connectivity index is 2.32. The lowest BCUT2D eigenvalue weighted by Gasteiger charge is -2.18. The molecule has 1 aromatic carbocycles. The molecule has 2 rings (SSSR count). The zero-order chi connectivity index (χ0) is 17.5. The molecule has 0 unspecified atom stereocenters. The Morgan fingerprint density at radius 2 is 1.62 bits per heavy atom. The number of aromatic nitrogens is 3. The third-order valence-corrected chi connectivity index (χ3v) is 3.53. The Kier molecular flexibility index (Phi) is 6.00. The quantitative estimate of drug-likeness (QED) is 0.789. The predicted octanol–water partition coefficient (Wildman–Crippen LogP) is 2.49. The Bertz CT molecular complexity index is 652. The van der Waals surface area contributed by atoms with E-state index in [1.807, 2.05) is 18.7 Å². The summed E-state index contributed by atoms with van der Waals surface area (Å²) < 4.78 is 16.0. The molecule has 1 N–H and O–H groups in total. The van der Waals surface area contributed by atoms with Gasteiger partial charge in [0.2, 0.25) is 11.7 Å². The van der Waals surface area contributed by atoms with Crippen molar-refractivity contribution in [3.63, 3.8) is 0 Å². The number of nitrogens with one attached hydrogen (secondary N) is 1. The molecule has 0 spiro atoms. The minimum Gasteiger partial charge on any atom is -0.493 e. The summed E-state index contributed by atoms with van der Waals surface area (Å²) in [6.07, 6.45) is 1.57. The smallest absolute Gasteiger partial charge is 0.247 e. The van der Waals surface area contributed by atoms with Crippen LogP contribution in [-0.2, 0) is 0 Å². The van der Waals surface area contributed by atoms with Crippen molar-refractivity contribution < 1.29 is 14.2 Å². The fourth-order valence-electron chi connectivity index (χ4n) is 2.30. The Hall–Kier alpha value is -2.77. The fourth-order valence-corrected chi connectivity index (χ4v) is 2.30. The molecule has 1 aromatic heterocycles. The van der Waals surface area contributed by atoms with Gasteiger partial charge in [-0.1, -0.05) is 0 Å². The van der Waals surface area contributed by atoms with E-state index in [4.69, 9.17) is 14.2 Å². The lowest BCUT2D eigenvalue weighted by Crippen LogP contribution is -2.24. The summed E-state index contributed by atoms with van der Waals surface area (Å²) in [5, 5.41) is 11.3. The van der Waals surface area contributed by atoms with Crippen LogP contribution >= 0.6 is 0 Å². The van der Waals surface area contributed by atoms with Gasteiger partial charge in [-0.2, -0.15) is 10.1 Å². The summed E-state index contributed by atoms with van der Waals surface area (Å²) in [6.45, 7) is 5.72. The molecule has 8 heteroatoms. The first kappa shape index (κ1) is 17.6. The van der Waals surface area contributed by atoms with E-state index >= 15 is 0 Å². The van der Waals surface area contributed by atoms with Crippen molar-refractivity contribution in [1.29, 1.82) is 0 Å². The van der Waals surface area contributed by atoms with E-state index < -0.39 is 0 Å². The van der Waals surface area contributed by atoms with Gasteiger partial charge in [0, 0.05) is 30.9 Å². The average molecular weight is 333 g/mol.